The van der Waals surface area contributed by atoms with E-state index in [4.69, 9.17) is 0 Å². The Balaban J connectivity index is 2.07. The van der Waals surface area contributed by atoms with E-state index in [0.29, 0.717) is 5.69 Å². The van der Waals surface area contributed by atoms with E-state index in [0.717, 1.165) is 32.4 Å². The number of halogens is 3. The van der Waals surface area contributed by atoms with Crippen molar-refractivity contribution in [2.24, 2.45) is 0 Å². The molecule has 1 aromatic heterocycles. The van der Waals surface area contributed by atoms with E-state index in [1.807, 2.05) is 6.07 Å². The second-order valence-corrected chi connectivity index (χ2v) is 5.18. The van der Waals surface area contributed by atoms with Gasteiger partial charge in [0.05, 0.1) is 12.2 Å². The predicted octanol–water partition coefficient (Wildman–Crippen LogP) is 2.59. The van der Waals surface area contributed by atoms with Crippen molar-refractivity contribution in [1.29, 1.82) is 0 Å². The molecule has 0 aromatic carbocycles. The third-order valence-corrected chi connectivity index (χ3v) is 3.54. The Hall–Kier alpha value is -1.14. The van der Waals surface area contributed by atoms with Crippen molar-refractivity contribution in [3.05, 3.63) is 30.1 Å². The molecular formula is C14H20F3N3. The van der Waals surface area contributed by atoms with E-state index < -0.39 is 12.7 Å². The van der Waals surface area contributed by atoms with Gasteiger partial charge in [-0.15, -0.1) is 0 Å². The maximum atomic E-state index is 12.8. The van der Waals surface area contributed by atoms with Crippen LogP contribution in [0.25, 0.3) is 0 Å². The van der Waals surface area contributed by atoms with Crippen molar-refractivity contribution >= 4 is 0 Å². The Morgan fingerprint density at radius 1 is 1.25 bits per heavy atom. The van der Waals surface area contributed by atoms with Gasteiger partial charge in [-0.1, -0.05) is 6.07 Å². The van der Waals surface area contributed by atoms with Gasteiger partial charge in [0.25, 0.3) is 0 Å². The van der Waals surface area contributed by atoms with Crippen molar-refractivity contribution in [3.63, 3.8) is 0 Å². The van der Waals surface area contributed by atoms with Gasteiger partial charge in [0.2, 0.25) is 0 Å². The first-order chi connectivity index (χ1) is 9.54. The van der Waals surface area contributed by atoms with E-state index in [1.54, 1.807) is 18.3 Å². The van der Waals surface area contributed by atoms with Gasteiger partial charge in [0, 0.05) is 18.8 Å². The van der Waals surface area contributed by atoms with Crippen LogP contribution >= 0.6 is 0 Å². The molecule has 112 valence electrons. The third-order valence-electron chi connectivity index (χ3n) is 3.54. The fourth-order valence-corrected chi connectivity index (χ4v) is 2.61. The minimum atomic E-state index is -4.17. The quantitative estimate of drug-likeness (QED) is 0.922. The van der Waals surface area contributed by atoms with Crippen LogP contribution in [0.1, 0.15) is 25.0 Å². The van der Waals surface area contributed by atoms with E-state index >= 15 is 0 Å². The molecule has 0 unspecified atom stereocenters. The first-order valence-corrected chi connectivity index (χ1v) is 6.96. The molecule has 20 heavy (non-hydrogen) atoms. The van der Waals surface area contributed by atoms with Crippen molar-refractivity contribution in [1.82, 2.24) is 15.2 Å². The lowest BCUT2D eigenvalue weighted by molar-refractivity contribution is -0.153. The van der Waals surface area contributed by atoms with E-state index in [2.05, 4.69) is 10.3 Å². The summed E-state index contributed by atoms with van der Waals surface area (Å²) in [6.07, 6.45) is -0.0790. The number of hydrogen-bond acceptors (Lipinski definition) is 3. The van der Waals surface area contributed by atoms with Crippen LogP contribution in [0.3, 0.4) is 0 Å². The lowest BCUT2D eigenvalue weighted by Gasteiger charge is -2.31. The summed E-state index contributed by atoms with van der Waals surface area (Å²) in [6, 6.07) is 5.32. The molecule has 0 spiro atoms. The molecule has 0 amide bonds. The second kappa shape index (κ2) is 7.04. The summed E-state index contributed by atoms with van der Waals surface area (Å²) in [6.45, 7) is 1.06. The number of pyridine rings is 1. The van der Waals surface area contributed by atoms with Gasteiger partial charge >= 0.3 is 6.18 Å². The maximum absolute atomic E-state index is 12.8. The van der Waals surface area contributed by atoms with Gasteiger partial charge in [-0.25, -0.2) is 0 Å². The van der Waals surface area contributed by atoms with Crippen molar-refractivity contribution in [3.8, 4) is 0 Å². The molecule has 1 aromatic rings. The molecule has 0 bridgehead atoms. The summed E-state index contributed by atoms with van der Waals surface area (Å²) in [5, 5.41) is 3.24. The average Bonchev–Trinajstić information content (AvgIpc) is 2.66. The minimum Gasteiger partial charge on any atom is -0.317 e. The van der Waals surface area contributed by atoms with Crippen molar-refractivity contribution in [2.45, 2.75) is 38.0 Å². The fourth-order valence-electron chi connectivity index (χ4n) is 2.61. The Morgan fingerprint density at radius 3 is 2.80 bits per heavy atom. The Labute approximate surface area is 117 Å². The average molecular weight is 287 g/mol. The van der Waals surface area contributed by atoms with Crippen LogP contribution < -0.4 is 5.32 Å². The largest absolute Gasteiger partial charge is 0.401 e. The standard InChI is InChI=1S/C14H20F3N3/c15-14(16,17)11-20(10-12-4-1-2-8-19-12)13-5-3-7-18-9-6-13/h1-2,4,8,13,18H,3,5-7,9-11H2/t13-/m1/s1. The third kappa shape index (κ3) is 5.09. The van der Waals surface area contributed by atoms with Gasteiger partial charge in [-0.2, -0.15) is 13.2 Å². The van der Waals surface area contributed by atoms with Crippen LogP contribution in [-0.2, 0) is 6.54 Å². The Kier molecular flexibility index (Phi) is 5.37. The molecule has 6 heteroatoms. The smallest absolute Gasteiger partial charge is 0.317 e. The maximum Gasteiger partial charge on any atom is 0.401 e. The summed E-state index contributed by atoms with van der Waals surface area (Å²) < 4.78 is 38.4. The molecule has 1 atom stereocenters. The summed E-state index contributed by atoms with van der Waals surface area (Å²) in [5.41, 5.74) is 0.689. The van der Waals surface area contributed by atoms with Crippen LogP contribution in [0.2, 0.25) is 0 Å². The van der Waals surface area contributed by atoms with Crippen LogP contribution in [0.4, 0.5) is 13.2 Å². The summed E-state index contributed by atoms with van der Waals surface area (Å²) in [5.74, 6) is 0. The highest BCUT2D eigenvalue weighted by atomic mass is 19.4. The van der Waals surface area contributed by atoms with Crippen molar-refractivity contribution < 1.29 is 13.2 Å². The highest BCUT2D eigenvalue weighted by Gasteiger charge is 2.34. The van der Waals surface area contributed by atoms with Crippen molar-refractivity contribution in [2.75, 3.05) is 19.6 Å². The normalized spacial score (nSPS) is 20.9. The van der Waals surface area contributed by atoms with Gasteiger partial charge in [-0.3, -0.25) is 9.88 Å². The molecule has 3 nitrogen and oxygen atoms in total. The van der Waals surface area contributed by atoms with Gasteiger partial charge in [0.15, 0.2) is 0 Å². The molecular weight excluding hydrogens is 267 g/mol. The molecule has 1 saturated heterocycles. The monoisotopic (exact) mass is 287 g/mol. The zero-order valence-corrected chi connectivity index (χ0v) is 11.4. The first-order valence-electron chi connectivity index (χ1n) is 6.96. The zero-order valence-electron chi connectivity index (χ0n) is 11.4. The number of hydrogen-bond donors (Lipinski definition) is 1. The fraction of sp³-hybridized carbons (Fsp3) is 0.643. The number of aromatic nitrogens is 1. The highest BCUT2D eigenvalue weighted by Crippen LogP contribution is 2.23. The number of rotatable bonds is 4. The molecule has 0 aliphatic carbocycles. The molecule has 0 radical (unpaired) electrons. The van der Waals surface area contributed by atoms with E-state index in [-0.39, 0.29) is 12.6 Å². The lowest BCUT2D eigenvalue weighted by atomic mass is 10.1. The van der Waals surface area contributed by atoms with Gasteiger partial charge < -0.3 is 5.32 Å². The van der Waals surface area contributed by atoms with Gasteiger partial charge in [-0.05, 0) is 44.5 Å². The Morgan fingerprint density at radius 2 is 2.10 bits per heavy atom. The highest BCUT2D eigenvalue weighted by molar-refractivity contribution is 5.03. The van der Waals surface area contributed by atoms with E-state index in [1.165, 1.54) is 4.90 Å². The minimum absolute atomic E-state index is 0.0337. The molecule has 0 saturated carbocycles. The predicted molar refractivity (Wildman–Crippen MR) is 71.2 cm³/mol. The summed E-state index contributed by atoms with van der Waals surface area (Å²) in [4.78, 5) is 5.67. The topological polar surface area (TPSA) is 28.2 Å². The molecule has 2 rings (SSSR count). The number of alkyl halides is 3. The molecule has 1 N–H and O–H groups in total. The van der Waals surface area contributed by atoms with Gasteiger partial charge in [0.1, 0.15) is 0 Å². The molecule has 2 heterocycles. The van der Waals surface area contributed by atoms with Crippen LogP contribution in [0.5, 0.6) is 0 Å². The Bertz CT molecular complexity index is 386. The van der Waals surface area contributed by atoms with Crippen LogP contribution in [0.15, 0.2) is 24.4 Å². The first kappa shape index (κ1) is 15.3. The summed E-state index contributed by atoms with van der Waals surface area (Å²) >= 11 is 0. The second-order valence-electron chi connectivity index (χ2n) is 5.18. The van der Waals surface area contributed by atoms with Crippen LogP contribution in [-0.4, -0.2) is 41.7 Å². The van der Waals surface area contributed by atoms with E-state index in [9.17, 15) is 13.2 Å². The van der Waals surface area contributed by atoms with Crippen LogP contribution in [0, 0.1) is 0 Å². The molecule has 1 aliphatic heterocycles. The molecule has 1 aliphatic rings. The SMILES string of the molecule is FC(F)(F)CN(Cc1ccccn1)[C@@H]1CCCNCC1. The number of nitrogens with zero attached hydrogens (tertiary/aromatic N) is 2. The lowest BCUT2D eigenvalue weighted by Crippen LogP contribution is -2.41. The number of nitrogens with one attached hydrogen (secondary N) is 1. The molecule has 1 fully saturated rings. The zero-order chi connectivity index (χ0) is 14.4. The summed E-state index contributed by atoms with van der Waals surface area (Å²) in [7, 11) is 0.